The molecule has 0 aliphatic heterocycles. The fraction of sp³-hybridized carbons (Fsp3) is 0.0588. The van der Waals surface area contributed by atoms with Crippen molar-refractivity contribution in [3.63, 3.8) is 0 Å². The van der Waals surface area contributed by atoms with Gasteiger partial charge in [-0.25, -0.2) is 8.42 Å². The van der Waals surface area contributed by atoms with Gasteiger partial charge in [0.2, 0.25) is 0 Å². The smallest absolute Gasteiger partial charge is 0.298 e. The molecular formula is C34H25O10S2-. The number of hydrogen-bond acceptors (Lipinski definition) is 9. The highest BCUT2D eigenvalue weighted by atomic mass is 32.2. The first-order valence-electron chi connectivity index (χ1n) is 13.6. The predicted octanol–water partition coefficient (Wildman–Crippen LogP) is 5.46. The van der Waals surface area contributed by atoms with Crippen molar-refractivity contribution in [2.45, 2.75) is 23.0 Å². The van der Waals surface area contributed by atoms with Crippen LogP contribution in [0.2, 0.25) is 0 Å². The molecule has 12 heteroatoms. The summed E-state index contributed by atoms with van der Waals surface area (Å²) in [6.45, 7) is -0.601. The van der Waals surface area contributed by atoms with E-state index in [0.29, 0.717) is 45.5 Å². The Labute approximate surface area is 265 Å². The summed E-state index contributed by atoms with van der Waals surface area (Å²) in [4.78, 5) is 23.6. The molecule has 0 bridgehead atoms. The highest BCUT2D eigenvalue weighted by molar-refractivity contribution is 7.86. The number of carbonyl (C=O) groups is 2. The van der Waals surface area contributed by atoms with Crippen molar-refractivity contribution in [1.82, 2.24) is 0 Å². The van der Waals surface area contributed by atoms with Crippen molar-refractivity contribution >= 4 is 31.8 Å². The van der Waals surface area contributed by atoms with E-state index in [1.807, 2.05) is 0 Å². The van der Waals surface area contributed by atoms with E-state index in [2.05, 4.69) is 0 Å². The van der Waals surface area contributed by atoms with E-state index in [1.165, 1.54) is 0 Å². The quantitative estimate of drug-likeness (QED) is 0.135. The maximum absolute atomic E-state index is 12.7. The van der Waals surface area contributed by atoms with Crippen molar-refractivity contribution in [3.05, 3.63) is 155 Å². The lowest BCUT2D eigenvalue weighted by molar-refractivity contribution is 0.103. The molecule has 234 valence electrons. The minimum Gasteiger partial charge on any atom is -0.744 e. The lowest BCUT2D eigenvalue weighted by Crippen LogP contribution is -2.10. The van der Waals surface area contributed by atoms with E-state index >= 15 is 0 Å². The van der Waals surface area contributed by atoms with Crippen LogP contribution in [-0.4, -0.2) is 37.5 Å². The maximum Gasteiger partial charge on any atom is 0.298 e. The Morgan fingerprint density at radius 3 is 1.26 bits per heavy atom. The molecule has 0 aliphatic rings. The largest absolute Gasteiger partial charge is 0.744 e. The standard InChI is InChI=1S/C34H26O10S2/c35-33(25-7-3-1-4-8-25)27-15-11-23(12-16-27)21-43-29-19-32(46(40,41)42)30(20-31(29)45(37,38)39)44-22-24-13-17-28(18-14-24)34(36)26-9-5-2-6-10-26/h1-20H,21-22H2,(H,37,38,39)(H,40,41,42)/p-1. The van der Waals surface area contributed by atoms with Crippen molar-refractivity contribution < 1.29 is 45.0 Å². The topological polar surface area (TPSA) is 164 Å². The summed E-state index contributed by atoms with van der Waals surface area (Å²) in [6.07, 6.45) is 0. The highest BCUT2D eigenvalue weighted by Crippen LogP contribution is 2.36. The van der Waals surface area contributed by atoms with E-state index in [-0.39, 0.29) is 24.8 Å². The van der Waals surface area contributed by atoms with Crippen molar-refractivity contribution in [1.29, 1.82) is 0 Å². The van der Waals surface area contributed by atoms with Gasteiger partial charge < -0.3 is 14.0 Å². The number of ether oxygens (including phenoxy) is 2. The second-order valence-electron chi connectivity index (χ2n) is 10.0. The second-order valence-corrected chi connectivity index (χ2v) is 12.8. The summed E-state index contributed by atoms with van der Waals surface area (Å²) in [5.41, 5.74) is 2.73. The molecule has 0 unspecified atom stereocenters. The lowest BCUT2D eigenvalue weighted by atomic mass is 10.0. The Bertz CT molecular complexity index is 1940. The zero-order valence-electron chi connectivity index (χ0n) is 23.9. The van der Waals surface area contributed by atoms with Gasteiger partial charge in [0.25, 0.3) is 10.1 Å². The minimum atomic E-state index is -5.21. The van der Waals surface area contributed by atoms with Gasteiger partial charge in [0.1, 0.15) is 44.6 Å². The monoisotopic (exact) mass is 657 g/mol. The summed E-state index contributed by atoms with van der Waals surface area (Å²) in [5, 5.41) is 0. The van der Waals surface area contributed by atoms with Crippen LogP contribution >= 0.6 is 0 Å². The molecule has 0 saturated carbocycles. The molecule has 0 radical (unpaired) electrons. The molecule has 1 N–H and O–H groups in total. The molecule has 0 heterocycles. The summed E-state index contributed by atoms with van der Waals surface area (Å²) in [7, 11) is -10.2. The molecule has 0 spiro atoms. The van der Waals surface area contributed by atoms with Gasteiger partial charge in [-0.3, -0.25) is 14.1 Å². The summed E-state index contributed by atoms with van der Waals surface area (Å²) < 4.78 is 81.9. The summed E-state index contributed by atoms with van der Waals surface area (Å²) in [5.74, 6) is -1.64. The normalized spacial score (nSPS) is 11.5. The third-order valence-electron chi connectivity index (χ3n) is 6.85. The molecule has 0 fully saturated rings. The molecule has 46 heavy (non-hydrogen) atoms. The van der Waals surface area contributed by atoms with Gasteiger partial charge in [-0.2, -0.15) is 8.42 Å². The number of carbonyl (C=O) groups excluding carboxylic acids is 2. The fourth-order valence-corrected chi connectivity index (χ4v) is 5.73. The van der Waals surface area contributed by atoms with E-state index in [9.17, 15) is 35.5 Å². The average Bonchev–Trinajstić information content (AvgIpc) is 3.06. The van der Waals surface area contributed by atoms with Crippen molar-refractivity contribution in [3.8, 4) is 11.5 Å². The van der Waals surface area contributed by atoms with Gasteiger partial charge in [-0.15, -0.1) is 0 Å². The molecule has 0 aliphatic carbocycles. The first kappa shape index (κ1) is 32.3. The number of hydrogen-bond donors (Lipinski definition) is 1. The molecule has 5 rings (SSSR count). The molecule has 0 atom stereocenters. The van der Waals surface area contributed by atoms with Crippen molar-refractivity contribution in [2.24, 2.45) is 0 Å². The van der Waals surface area contributed by atoms with E-state index in [1.54, 1.807) is 109 Å². The van der Waals surface area contributed by atoms with Crippen LogP contribution in [0.1, 0.15) is 43.0 Å². The van der Waals surface area contributed by atoms with Crippen LogP contribution in [0.5, 0.6) is 11.5 Å². The van der Waals surface area contributed by atoms with Gasteiger partial charge in [-0.05, 0) is 11.1 Å². The van der Waals surface area contributed by atoms with Gasteiger partial charge in [-0.1, -0.05) is 109 Å². The summed E-state index contributed by atoms with van der Waals surface area (Å²) in [6, 6.07) is 31.0. The number of benzene rings is 5. The SMILES string of the molecule is O=C(c1ccccc1)c1ccc(COc2cc(S(=O)(=O)O)c(OCc3ccc(C(=O)c4ccccc4)cc3)cc2S(=O)(=O)[O-])cc1. The van der Waals surface area contributed by atoms with Gasteiger partial charge >= 0.3 is 0 Å². The first-order valence-corrected chi connectivity index (χ1v) is 16.5. The number of ketones is 2. The van der Waals surface area contributed by atoms with Crippen LogP contribution in [0.15, 0.2) is 131 Å². The van der Waals surface area contributed by atoms with Gasteiger partial charge in [0.05, 0.1) is 0 Å². The van der Waals surface area contributed by atoms with Crippen LogP contribution in [0.4, 0.5) is 0 Å². The zero-order valence-corrected chi connectivity index (χ0v) is 25.5. The molecule has 5 aromatic carbocycles. The molecule has 10 nitrogen and oxygen atoms in total. The third-order valence-corrected chi connectivity index (χ3v) is 8.58. The van der Waals surface area contributed by atoms with Gasteiger partial charge in [0, 0.05) is 34.4 Å². The number of rotatable bonds is 12. The van der Waals surface area contributed by atoms with Crippen LogP contribution in [-0.2, 0) is 33.5 Å². The van der Waals surface area contributed by atoms with E-state index in [0.717, 1.165) is 0 Å². The molecule has 0 aromatic heterocycles. The molecule has 0 amide bonds. The second kappa shape index (κ2) is 13.5. The fourth-order valence-electron chi connectivity index (χ4n) is 4.48. The Balaban J connectivity index is 1.35. The van der Waals surface area contributed by atoms with Crippen molar-refractivity contribution in [2.75, 3.05) is 0 Å². The van der Waals surface area contributed by atoms with Crippen LogP contribution in [0, 0.1) is 0 Å². The third kappa shape index (κ3) is 7.73. The first-order chi connectivity index (χ1) is 21.9. The summed E-state index contributed by atoms with van der Waals surface area (Å²) >= 11 is 0. The van der Waals surface area contributed by atoms with Crippen LogP contribution in [0.25, 0.3) is 0 Å². The van der Waals surface area contributed by atoms with Crippen LogP contribution in [0.3, 0.4) is 0 Å². The Morgan fingerprint density at radius 2 is 0.891 bits per heavy atom. The van der Waals surface area contributed by atoms with E-state index in [4.69, 9.17) is 9.47 Å². The Hall–Kier alpha value is -5.14. The van der Waals surface area contributed by atoms with Crippen LogP contribution < -0.4 is 9.47 Å². The van der Waals surface area contributed by atoms with Gasteiger partial charge in [0.15, 0.2) is 11.6 Å². The molecule has 0 saturated heterocycles. The maximum atomic E-state index is 12.7. The highest BCUT2D eigenvalue weighted by Gasteiger charge is 2.24. The van der Waals surface area contributed by atoms with E-state index < -0.39 is 41.5 Å². The zero-order chi connectivity index (χ0) is 32.9. The minimum absolute atomic E-state index is 0.209. The predicted molar refractivity (Wildman–Crippen MR) is 166 cm³/mol. The molecular weight excluding hydrogens is 632 g/mol. The molecule has 5 aromatic rings. The Kier molecular flexibility index (Phi) is 9.44. The Morgan fingerprint density at radius 1 is 0.543 bits per heavy atom. The average molecular weight is 658 g/mol. The lowest BCUT2D eigenvalue weighted by Gasteiger charge is -2.18.